The molecule has 146 valence electrons. The van der Waals surface area contributed by atoms with Crippen LogP contribution >= 0.6 is 11.6 Å². The number of fused-ring (bicyclic) bond motifs is 1. The average molecular weight is 403 g/mol. The van der Waals surface area contributed by atoms with E-state index in [1.165, 1.54) is 23.1 Å². The third-order valence-electron chi connectivity index (χ3n) is 4.47. The fourth-order valence-electron chi connectivity index (χ4n) is 2.94. The van der Waals surface area contributed by atoms with Crippen molar-refractivity contribution < 1.29 is 24.2 Å². The summed E-state index contributed by atoms with van der Waals surface area (Å²) in [5, 5.41) is 12.5. The number of aromatic carboxylic acids is 1. The van der Waals surface area contributed by atoms with Crippen LogP contribution in [0.25, 0.3) is 0 Å². The minimum absolute atomic E-state index is 0.0304. The Balaban J connectivity index is 1.90. The maximum atomic E-state index is 12.8. The summed E-state index contributed by atoms with van der Waals surface area (Å²) in [5.74, 6) is -1.69. The number of hydrogen-bond donors (Lipinski definition) is 2. The second kappa shape index (κ2) is 7.16. The van der Waals surface area contributed by atoms with E-state index in [0.29, 0.717) is 16.4 Å². The standard InChI is InChI=1S/C20H19ClN2O5/c1-11-13(21)5-4-6-14(11)22-17(24)10-23-15-8-7-12(18(25)26)9-16(15)28-20(2,3)19(23)27/h4-9H,10H2,1-3H3,(H,22,24)(H,25,26). The predicted molar refractivity (Wildman–Crippen MR) is 105 cm³/mol. The van der Waals surface area contributed by atoms with Crippen molar-refractivity contribution in [2.24, 2.45) is 0 Å². The molecule has 0 spiro atoms. The van der Waals surface area contributed by atoms with Crippen molar-refractivity contribution >= 4 is 40.8 Å². The molecule has 3 rings (SSSR count). The number of hydrogen-bond acceptors (Lipinski definition) is 4. The minimum Gasteiger partial charge on any atom is -0.478 e. The van der Waals surface area contributed by atoms with Crippen molar-refractivity contribution in [1.82, 2.24) is 0 Å². The van der Waals surface area contributed by atoms with Crippen molar-refractivity contribution in [1.29, 1.82) is 0 Å². The number of ether oxygens (including phenoxy) is 1. The molecule has 28 heavy (non-hydrogen) atoms. The van der Waals surface area contributed by atoms with Crippen molar-refractivity contribution in [2.45, 2.75) is 26.4 Å². The Bertz CT molecular complexity index is 987. The van der Waals surface area contributed by atoms with Gasteiger partial charge in [-0.15, -0.1) is 0 Å². The van der Waals surface area contributed by atoms with Gasteiger partial charge < -0.3 is 15.2 Å². The van der Waals surface area contributed by atoms with E-state index in [-0.39, 0.29) is 17.9 Å². The number of benzene rings is 2. The second-order valence-corrected chi connectivity index (χ2v) is 7.36. The maximum Gasteiger partial charge on any atom is 0.335 e. The lowest BCUT2D eigenvalue weighted by Crippen LogP contribution is -2.54. The molecule has 0 saturated heterocycles. The van der Waals surface area contributed by atoms with Crippen LogP contribution in [0.3, 0.4) is 0 Å². The van der Waals surface area contributed by atoms with Gasteiger partial charge in [0, 0.05) is 10.7 Å². The highest BCUT2D eigenvalue weighted by atomic mass is 35.5. The van der Waals surface area contributed by atoms with Gasteiger partial charge in [-0.1, -0.05) is 17.7 Å². The van der Waals surface area contributed by atoms with E-state index in [4.69, 9.17) is 16.3 Å². The first-order valence-corrected chi connectivity index (χ1v) is 8.91. The molecule has 0 atom stereocenters. The van der Waals surface area contributed by atoms with Gasteiger partial charge in [0.05, 0.1) is 11.3 Å². The van der Waals surface area contributed by atoms with E-state index >= 15 is 0 Å². The first kappa shape index (κ1) is 19.7. The number of nitrogens with one attached hydrogen (secondary N) is 1. The molecule has 0 unspecified atom stereocenters. The van der Waals surface area contributed by atoms with Crippen molar-refractivity contribution in [3.8, 4) is 5.75 Å². The third-order valence-corrected chi connectivity index (χ3v) is 4.88. The number of anilines is 2. The van der Waals surface area contributed by atoms with Gasteiger partial charge in [-0.3, -0.25) is 14.5 Å². The summed E-state index contributed by atoms with van der Waals surface area (Å²) >= 11 is 6.08. The van der Waals surface area contributed by atoms with Gasteiger partial charge >= 0.3 is 5.97 Å². The zero-order valence-electron chi connectivity index (χ0n) is 15.6. The largest absolute Gasteiger partial charge is 0.478 e. The fourth-order valence-corrected chi connectivity index (χ4v) is 3.11. The van der Waals surface area contributed by atoms with Gasteiger partial charge in [0.25, 0.3) is 5.91 Å². The van der Waals surface area contributed by atoms with Crippen molar-refractivity contribution in [3.05, 3.63) is 52.5 Å². The summed E-state index contributed by atoms with van der Waals surface area (Å²) in [7, 11) is 0. The van der Waals surface area contributed by atoms with Gasteiger partial charge in [0.2, 0.25) is 5.91 Å². The normalized spacial score (nSPS) is 14.9. The molecule has 2 N–H and O–H groups in total. The Kier molecular flexibility index (Phi) is 5.04. The Hall–Kier alpha value is -3.06. The minimum atomic E-state index is -1.24. The lowest BCUT2D eigenvalue weighted by Gasteiger charge is -2.38. The van der Waals surface area contributed by atoms with E-state index in [9.17, 15) is 19.5 Å². The number of carboxylic acid groups (broad SMARTS) is 1. The molecule has 2 aromatic rings. The lowest BCUT2D eigenvalue weighted by atomic mass is 10.0. The van der Waals surface area contributed by atoms with Crippen LogP contribution in [-0.4, -0.2) is 35.0 Å². The number of rotatable bonds is 4. The van der Waals surface area contributed by atoms with E-state index in [1.807, 2.05) is 0 Å². The van der Waals surface area contributed by atoms with Crippen LogP contribution in [0, 0.1) is 6.92 Å². The third kappa shape index (κ3) is 3.66. The van der Waals surface area contributed by atoms with Gasteiger partial charge in [-0.25, -0.2) is 4.79 Å². The summed E-state index contributed by atoms with van der Waals surface area (Å²) < 4.78 is 5.68. The molecule has 1 heterocycles. The summed E-state index contributed by atoms with van der Waals surface area (Å²) in [5.41, 5.74) is 0.405. The van der Waals surface area contributed by atoms with Gasteiger partial charge in [0.15, 0.2) is 5.60 Å². The molecule has 8 heteroatoms. The first-order chi connectivity index (χ1) is 13.1. The summed E-state index contributed by atoms with van der Waals surface area (Å²) in [6, 6.07) is 9.33. The molecule has 2 aromatic carbocycles. The van der Waals surface area contributed by atoms with E-state index in [1.54, 1.807) is 39.0 Å². The Morgan fingerprint density at radius 1 is 1.25 bits per heavy atom. The van der Waals surface area contributed by atoms with Crippen LogP contribution in [0.4, 0.5) is 11.4 Å². The zero-order chi connectivity index (χ0) is 20.6. The first-order valence-electron chi connectivity index (χ1n) is 8.53. The highest BCUT2D eigenvalue weighted by molar-refractivity contribution is 6.31. The van der Waals surface area contributed by atoms with Gasteiger partial charge in [-0.2, -0.15) is 0 Å². The van der Waals surface area contributed by atoms with Crippen LogP contribution in [0.2, 0.25) is 5.02 Å². The smallest absolute Gasteiger partial charge is 0.335 e. The van der Waals surface area contributed by atoms with Crippen LogP contribution in [0.5, 0.6) is 5.75 Å². The van der Waals surface area contributed by atoms with E-state index in [0.717, 1.165) is 5.56 Å². The molecule has 0 bridgehead atoms. The summed E-state index contributed by atoms with van der Waals surface area (Å²) in [4.78, 5) is 37.9. The Morgan fingerprint density at radius 3 is 2.64 bits per heavy atom. The Labute approximate surface area is 166 Å². The molecule has 0 aromatic heterocycles. The number of carbonyl (C=O) groups excluding carboxylic acids is 2. The molecule has 0 saturated carbocycles. The van der Waals surface area contributed by atoms with Gasteiger partial charge in [0.1, 0.15) is 12.3 Å². The molecule has 1 aliphatic rings. The highest BCUT2D eigenvalue weighted by Crippen LogP contribution is 2.38. The second-order valence-electron chi connectivity index (χ2n) is 6.95. The number of carboxylic acids is 1. The summed E-state index contributed by atoms with van der Waals surface area (Å²) in [6.07, 6.45) is 0. The highest BCUT2D eigenvalue weighted by Gasteiger charge is 2.41. The molecule has 1 aliphatic heterocycles. The van der Waals surface area contributed by atoms with Crippen LogP contribution in [0.15, 0.2) is 36.4 Å². The summed E-state index contributed by atoms with van der Waals surface area (Å²) in [6.45, 7) is 4.66. The molecular formula is C20H19ClN2O5. The average Bonchev–Trinajstić information content (AvgIpc) is 2.62. The lowest BCUT2D eigenvalue weighted by molar-refractivity contribution is -0.133. The molecule has 0 fully saturated rings. The molecule has 7 nitrogen and oxygen atoms in total. The number of nitrogens with zero attached hydrogens (tertiary/aromatic N) is 1. The topological polar surface area (TPSA) is 95.9 Å². The zero-order valence-corrected chi connectivity index (χ0v) is 16.3. The van der Waals surface area contributed by atoms with Crippen LogP contribution in [-0.2, 0) is 9.59 Å². The Morgan fingerprint density at radius 2 is 1.96 bits per heavy atom. The SMILES string of the molecule is Cc1c(Cl)cccc1NC(=O)CN1C(=O)C(C)(C)Oc2cc(C(=O)O)ccc21. The number of carbonyl (C=O) groups is 3. The molecule has 0 aliphatic carbocycles. The predicted octanol–water partition coefficient (Wildman–Crippen LogP) is 3.49. The number of amides is 2. The quantitative estimate of drug-likeness (QED) is 0.816. The van der Waals surface area contributed by atoms with Crippen LogP contribution < -0.4 is 15.0 Å². The van der Waals surface area contributed by atoms with Crippen molar-refractivity contribution in [2.75, 3.05) is 16.8 Å². The fraction of sp³-hybridized carbons (Fsp3) is 0.250. The maximum absolute atomic E-state index is 12.8. The molecule has 0 radical (unpaired) electrons. The monoisotopic (exact) mass is 402 g/mol. The molecule has 2 amide bonds. The van der Waals surface area contributed by atoms with E-state index < -0.39 is 23.4 Å². The molecular weight excluding hydrogens is 384 g/mol. The van der Waals surface area contributed by atoms with E-state index in [2.05, 4.69) is 5.32 Å². The number of halogens is 1. The van der Waals surface area contributed by atoms with Crippen molar-refractivity contribution in [3.63, 3.8) is 0 Å². The van der Waals surface area contributed by atoms with Gasteiger partial charge in [-0.05, 0) is 56.7 Å². The van der Waals surface area contributed by atoms with Crippen LogP contribution in [0.1, 0.15) is 29.8 Å².